The van der Waals surface area contributed by atoms with Crippen LogP contribution in [0.2, 0.25) is 0 Å². The summed E-state index contributed by atoms with van der Waals surface area (Å²) in [5, 5.41) is 5.01. The zero-order valence-electron chi connectivity index (χ0n) is 31.2. The third-order valence-electron chi connectivity index (χ3n) is 11.3. The normalized spacial score (nSPS) is 11.5. The zero-order valence-corrected chi connectivity index (χ0v) is 31.2. The van der Waals surface area contributed by atoms with Crippen molar-refractivity contribution >= 4 is 60.7 Å². The van der Waals surface area contributed by atoms with Crippen LogP contribution in [0.5, 0.6) is 0 Å². The molecule has 268 valence electrons. The fourth-order valence-corrected chi connectivity index (χ4v) is 8.72. The van der Waals surface area contributed by atoms with E-state index in [9.17, 15) is 0 Å². The number of hydrogen-bond donors (Lipinski definition) is 0. The standard InChI is InChI=1S/C54H37N3/c1-3-15-39(16-4-1)45-19-7-11-23-50(45)57-53-26-14-10-22-48(53)49-37-40(29-36-54(49)57)38-27-30-42(31-28-38)55(41-17-5-2-6-18-41)43-32-34-44(35-33-43)56-51-24-12-8-20-46(51)47-21-9-13-25-52(47)56/h1-37H. The first-order chi connectivity index (χ1) is 28.3. The van der Waals surface area contributed by atoms with E-state index in [1.54, 1.807) is 0 Å². The summed E-state index contributed by atoms with van der Waals surface area (Å²) in [6.45, 7) is 0. The maximum atomic E-state index is 2.42. The molecule has 0 N–H and O–H groups in total. The van der Waals surface area contributed by atoms with Gasteiger partial charge in [-0.1, -0.05) is 140 Å². The molecule has 3 heteroatoms. The molecule has 0 fully saturated rings. The fraction of sp³-hybridized carbons (Fsp3) is 0. The molecule has 9 aromatic carbocycles. The lowest BCUT2D eigenvalue weighted by Crippen LogP contribution is -2.10. The Bertz CT molecular complexity index is 3160. The summed E-state index contributed by atoms with van der Waals surface area (Å²) in [5.41, 5.74) is 15.2. The van der Waals surface area contributed by atoms with Gasteiger partial charge in [0.1, 0.15) is 0 Å². The van der Waals surface area contributed by atoms with Crippen molar-refractivity contribution in [2.24, 2.45) is 0 Å². The average molecular weight is 728 g/mol. The maximum absolute atomic E-state index is 2.42. The second-order valence-electron chi connectivity index (χ2n) is 14.6. The first-order valence-electron chi connectivity index (χ1n) is 19.5. The molecule has 0 spiro atoms. The lowest BCUT2D eigenvalue weighted by Gasteiger charge is -2.26. The predicted octanol–water partition coefficient (Wildman–Crippen LogP) is 14.7. The molecule has 0 atom stereocenters. The molecular formula is C54H37N3. The van der Waals surface area contributed by atoms with Crippen molar-refractivity contribution in [3.05, 3.63) is 224 Å². The van der Waals surface area contributed by atoms with E-state index in [1.807, 2.05) is 0 Å². The number of para-hydroxylation sites is 5. The SMILES string of the molecule is c1ccc(-c2ccccc2-n2c3ccccc3c3cc(-c4ccc(N(c5ccccc5)c5ccc(-n6c7ccccc7c7ccccc76)cc5)cc4)ccc32)cc1. The molecule has 0 aliphatic carbocycles. The van der Waals surface area contributed by atoms with Crippen LogP contribution < -0.4 is 4.90 Å². The molecule has 0 aliphatic heterocycles. The second kappa shape index (κ2) is 13.6. The van der Waals surface area contributed by atoms with Crippen molar-refractivity contribution in [1.82, 2.24) is 9.13 Å². The van der Waals surface area contributed by atoms with Crippen LogP contribution in [0.15, 0.2) is 224 Å². The Kier molecular flexibility index (Phi) is 7.82. The Morgan fingerprint density at radius 3 is 1.39 bits per heavy atom. The molecular weight excluding hydrogens is 691 g/mol. The number of aromatic nitrogens is 2. The molecule has 0 bridgehead atoms. The van der Waals surface area contributed by atoms with Crippen LogP contribution in [-0.2, 0) is 0 Å². The molecule has 57 heavy (non-hydrogen) atoms. The van der Waals surface area contributed by atoms with Crippen LogP contribution in [0.1, 0.15) is 0 Å². The highest BCUT2D eigenvalue weighted by molar-refractivity contribution is 6.11. The number of anilines is 3. The lowest BCUT2D eigenvalue weighted by molar-refractivity contribution is 1.17. The molecule has 11 rings (SSSR count). The van der Waals surface area contributed by atoms with Crippen molar-refractivity contribution in [3.8, 4) is 33.6 Å². The first-order valence-corrected chi connectivity index (χ1v) is 19.5. The Morgan fingerprint density at radius 2 is 0.737 bits per heavy atom. The summed E-state index contributed by atoms with van der Waals surface area (Å²) in [4.78, 5) is 2.33. The molecule has 2 aromatic heterocycles. The van der Waals surface area contributed by atoms with Gasteiger partial charge in [-0.3, -0.25) is 0 Å². The summed E-state index contributed by atoms with van der Waals surface area (Å²) in [5.74, 6) is 0. The van der Waals surface area contributed by atoms with Crippen LogP contribution in [0, 0.1) is 0 Å². The van der Waals surface area contributed by atoms with Gasteiger partial charge in [0.2, 0.25) is 0 Å². The largest absolute Gasteiger partial charge is 0.311 e. The van der Waals surface area contributed by atoms with Gasteiger partial charge in [-0.25, -0.2) is 0 Å². The first kappa shape index (κ1) is 32.8. The Labute approximate surface area is 331 Å². The number of nitrogens with zero attached hydrogens (tertiary/aromatic N) is 3. The van der Waals surface area contributed by atoms with Gasteiger partial charge in [0, 0.05) is 49.9 Å². The lowest BCUT2D eigenvalue weighted by atomic mass is 10.0. The van der Waals surface area contributed by atoms with E-state index in [2.05, 4.69) is 238 Å². The van der Waals surface area contributed by atoms with Gasteiger partial charge in [-0.2, -0.15) is 0 Å². The van der Waals surface area contributed by atoms with Gasteiger partial charge in [0.25, 0.3) is 0 Å². The minimum absolute atomic E-state index is 1.10. The van der Waals surface area contributed by atoms with E-state index >= 15 is 0 Å². The second-order valence-corrected chi connectivity index (χ2v) is 14.6. The Balaban J connectivity index is 0.976. The van der Waals surface area contributed by atoms with E-state index in [-0.39, 0.29) is 0 Å². The molecule has 0 saturated carbocycles. The van der Waals surface area contributed by atoms with Gasteiger partial charge in [0.05, 0.1) is 27.8 Å². The van der Waals surface area contributed by atoms with Crippen LogP contribution in [0.4, 0.5) is 17.1 Å². The van der Waals surface area contributed by atoms with Crippen molar-refractivity contribution in [2.45, 2.75) is 0 Å². The van der Waals surface area contributed by atoms with E-state index in [0.29, 0.717) is 0 Å². The molecule has 0 unspecified atom stereocenters. The van der Waals surface area contributed by atoms with Crippen LogP contribution in [0.3, 0.4) is 0 Å². The minimum atomic E-state index is 1.10. The highest BCUT2D eigenvalue weighted by Gasteiger charge is 2.18. The molecule has 0 amide bonds. The van der Waals surface area contributed by atoms with Crippen LogP contribution in [0.25, 0.3) is 77.2 Å². The average Bonchev–Trinajstić information content (AvgIpc) is 3.80. The van der Waals surface area contributed by atoms with Gasteiger partial charge in [-0.05, 0) is 102 Å². The van der Waals surface area contributed by atoms with Crippen molar-refractivity contribution in [2.75, 3.05) is 4.90 Å². The third kappa shape index (κ3) is 5.51. The summed E-state index contributed by atoms with van der Waals surface area (Å²) in [6, 6.07) is 81.0. The highest BCUT2D eigenvalue weighted by atomic mass is 15.1. The van der Waals surface area contributed by atoms with Crippen LogP contribution >= 0.6 is 0 Å². The Hall–Kier alpha value is -7.62. The summed E-state index contributed by atoms with van der Waals surface area (Å²) in [7, 11) is 0. The third-order valence-corrected chi connectivity index (χ3v) is 11.3. The van der Waals surface area contributed by atoms with Gasteiger partial charge in [-0.15, -0.1) is 0 Å². The monoisotopic (exact) mass is 727 g/mol. The number of rotatable bonds is 7. The number of benzene rings is 9. The van der Waals surface area contributed by atoms with Crippen molar-refractivity contribution in [1.29, 1.82) is 0 Å². The van der Waals surface area contributed by atoms with Gasteiger partial charge in [0.15, 0.2) is 0 Å². The van der Waals surface area contributed by atoms with E-state index in [4.69, 9.17) is 0 Å². The summed E-state index contributed by atoms with van der Waals surface area (Å²) >= 11 is 0. The van der Waals surface area contributed by atoms with Gasteiger partial charge < -0.3 is 14.0 Å². The number of hydrogen-bond acceptors (Lipinski definition) is 1. The predicted molar refractivity (Wildman–Crippen MR) is 241 cm³/mol. The van der Waals surface area contributed by atoms with Crippen molar-refractivity contribution in [3.63, 3.8) is 0 Å². The van der Waals surface area contributed by atoms with Crippen molar-refractivity contribution < 1.29 is 0 Å². The van der Waals surface area contributed by atoms with Gasteiger partial charge >= 0.3 is 0 Å². The zero-order chi connectivity index (χ0) is 37.7. The number of fused-ring (bicyclic) bond motifs is 6. The minimum Gasteiger partial charge on any atom is -0.311 e. The summed E-state index contributed by atoms with van der Waals surface area (Å²) < 4.78 is 4.79. The molecule has 0 aliphatic rings. The topological polar surface area (TPSA) is 13.1 Å². The van der Waals surface area contributed by atoms with E-state index in [0.717, 1.165) is 22.7 Å². The molecule has 2 heterocycles. The smallest absolute Gasteiger partial charge is 0.0541 e. The molecule has 3 nitrogen and oxygen atoms in total. The quantitative estimate of drug-likeness (QED) is 0.159. The van der Waals surface area contributed by atoms with E-state index < -0.39 is 0 Å². The van der Waals surface area contributed by atoms with E-state index in [1.165, 1.54) is 71.6 Å². The highest BCUT2D eigenvalue weighted by Crippen LogP contribution is 2.40. The molecule has 0 radical (unpaired) electrons. The summed E-state index contributed by atoms with van der Waals surface area (Å²) in [6.07, 6.45) is 0. The maximum Gasteiger partial charge on any atom is 0.0541 e. The molecule has 0 saturated heterocycles. The molecule has 11 aromatic rings. The van der Waals surface area contributed by atoms with Crippen LogP contribution in [-0.4, -0.2) is 9.13 Å². The fourth-order valence-electron chi connectivity index (χ4n) is 8.72. The Morgan fingerprint density at radius 1 is 0.281 bits per heavy atom.